The molecule has 0 fully saturated rings. The van der Waals surface area contributed by atoms with E-state index in [0.29, 0.717) is 0 Å². The van der Waals surface area contributed by atoms with Gasteiger partial charge in [0.25, 0.3) is 0 Å². The van der Waals surface area contributed by atoms with Crippen LogP contribution in [0.15, 0.2) is 24.5 Å². The smallest absolute Gasteiger partial charge is 0.138 e. The monoisotopic (exact) mass is 417 g/mol. The summed E-state index contributed by atoms with van der Waals surface area (Å²) in [6.45, 7) is 15.6. The number of pyridine rings is 1. The number of nitrogens with one attached hydrogen (secondary N) is 1. The highest BCUT2D eigenvalue weighted by Gasteiger charge is 2.28. The van der Waals surface area contributed by atoms with Crippen molar-refractivity contribution >= 4 is 30.1 Å². The minimum atomic E-state index is -1.68. The molecule has 30 heavy (non-hydrogen) atoms. The van der Waals surface area contributed by atoms with Gasteiger partial charge in [0.1, 0.15) is 5.65 Å². The Morgan fingerprint density at radius 3 is 2.23 bits per heavy atom. The number of anilines is 1. The van der Waals surface area contributed by atoms with E-state index >= 15 is 0 Å². The first-order valence-corrected chi connectivity index (χ1v) is 13.9. The van der Waals surface area contributed by atoms with Crippen molar-refractivity contribution in [1.29, 1.82) is 0 Å². The van der Waals surface area contributed by atoms with Gasteiger partial charge in [-0.25, -0.2) is 4.98 Å². The van der Waals surface area contributed by atoms with Crippen LogP contribution in [-0.4, -0.2) is 27.8 Å². The average molecular weight is 418 g/mol. The predicted octanol–water partition coefficient (Wildman–Crippen LogP) is 4.99. The van der Waals surface area contributed by atoms with E-state index in [4.69, 9.17) is 10.7 Å². The molecule has 3 N–H and O–H groups in total. The van der Waals surface area contributed by atoms with E-state index in [0.717, 1.165) is 39.3 Å². The van der Waals surface area contributed by atoms with Crippen LogP contribution in [0.25, 0.3) is 33.3 Å². The molecule has 0 spiro atoms. The molecular weight excluding hydrogens is 386 g/mol. The first-order valence-electron chi connectivity index (χ1n) is 10.4. The first-order chi connectivity index (χ1) is 14.0. The fourth-order valence-corrected chi connectivity index (χ4v) is 5.81. The molecule has 0 aliphatic heterocycles. The van der Waals surface area contributed by atoms with E-state index in [1.807, 2.05) is 24.1 Å². The van der Waals surface area contributed by atoms with Crippen LogP contribution in [0.3, 0.4) is 0 Å². The lowest BCUT2D eigenvalue weighted by Crippen LogP contribution is -2.40. The highest BCUT2D eigenvalue weighted by Crippen LogP contribution is 2.38. The molecule has 3 aromatic heterocycles. The Labute approximate surface area is 179 Å². The third-order valence-electron chi connectivity index (χ3n) is 6.36. The molecule has 4 aromatic rings. The summed E-state index contributed by atoms with van der Waals surface area (Å²) >= 11 is 0. The molecule has 0 saturated carbocycles. The van der Waals surface area contributed by atoms with E-state index in [9.17, 15) is 0 Å². The number of fused-ring (bicyclic) bond motifs is 1. The number of nitrogens with two attached hydrogens (primary N) is 1. The fourth-order valence-electron chi connectivity index (χ4n) is 4.31. The molecule has 1 aromatic carbocycles. The molecule has 0 bridgehead atoms. The van der Waals surface area contributed by atoms with Gasteiger partial charge in [0.15, 0.2) is 0 Å². The zero-order chi connectivity index (χ0) is 22.0. The quantitative estimate of drug-likeness (QED) is 0.364. The second kappa shape index (κ2) is 6.84. The van der Waals surface area contributed by atoms with Crippen molar-refractivity contribution in [2.75, 3.05) is 5.73 Å². The van der Waals surface area contributed by atoms with Gasteiger partial charge in [-0.15, -0.1) is 0 Å². The third-order valence-corrected chi connectivity index (χ3v) is 8.23. The average Bonchev–Trinajstić information content (AvgIpc) is 3.22. The van der Waals surface area contributed by atoms with Gasteiger partial charge in [0, 0.05) is 52.0 Å². The van der Waals surface area contributed by atoms with Gasteiger partial charge in [0.05, 0.1) is 14.3 Å². The number of aromatic nitrogens is 4. The fraction of sp³-hybridized carbons (Fsp3) is 0.333. The van der Waals surface area contributed by atoms with Crippen molar-refractivity contribution in [2.24, 2.45) is 7.05 Å². The highest BCUT2D eigenvalue weighted by atomic mass is 28.3. The van der Waals surface area contributed by atoms with E-state index in [-0.39, 0.29) is 0 Å². The second-order valence-corrected chi connectivity index (χ2v) is 14.4. The summed E-state index contributed by atoms with van der Waals surface area (Å²) in [7, 11) is 0.299. The lowest BCUT2D eigenvalue weighted by atomic mass is 9.93. The predicted molar refractivity (Wildman–Crippen MR) is 130 cm³/mol. The summed E-state index contributed by atoms with van der Waals surface area (Å²) in [5.74, 6) is 0. The summed E-state index contributed by atoms with van der Waals surface area (Å²) in [6.07, 6.45) is 3.92. The van der Waals surface area contributed by atoms with Gasteiger partial charge in [-0.2, -0.15) is 5.10 Å². The minimum Gasteiger partial charge on any atom is -0.398 e. The first kappa shape index (κ1) is 20.4. The van der Waals surface area contributed by atoms with Gasteiger partial charge >= 0.3 is 0 Å². The number of hydrogen-bond donors (Lipinski definition) is 2. The normalized spacial score (nSPS) is 12.1. The molecular formula is C24H31N5Si. The zero-order valence-electron chi connectivity index (χ0n) is 19.2. The number of rotatable bonds is 3. The Hall–Kier alpha value is -2.86. The Morgan fingerprint density at radius 1 is 0.933 bits per heavy atom. The maximum Gasteiger partial charge on any atom is 0.138 e. The van der Waals surface area contributed by atoms with Crippen LogP contribution in [0, 0.1) is 27.7 Å². The number of hydrogen-bond acceptors (Lipinski definition) is 3. The minimum absolute atomic E-state index is 0.869. The number of nitrogen functional groups attached to an aromatic ring is 1. The molecule has 0 amide bonds. The number of aryl methyl sites for hydroxylation is 3. The van der Waals surface area contributed by atoms with Crippen LogP contribution < -0.4 is 11.1 Å². The Balaban J connectivity index is 2.13. The van der Waals surface area contributed by atoms with Gasteiger partial charge in [-0.3, -0.25) is 4.68 Å². The number of benzene rings is 1. The van der Waals surface area contributed by atoms with Crippen LogP contribution in [0.2, 0.25) is 19.6 Å². The van der Waals surface area contributed by atoms with E-state index in [2.05, 4.69) is 69.6 Å². The Morgan fingerprint density at radius 2 is 1.63 bits per heavy atom. The standard InChI is InChI=1S/C24H31N5Si/c1-13-9-10-17(15(3)22(13)25)21-20-14(2)18(19-12-27-29(5)16(19)4)11-26-23(20)28-24(21)30(6,7)8/h9-12H,25H2,1-8H3,(H,26,28). The molecule has 0 saturated heterocycles. The van der Waals surface area contributed by atoms with Crippen LogP contribution in [0.1, 0.15) is 22.4 Å². The third kappa shape index (κ3) is 2.98. The summed E-state index contributed by atoms with van der Waals surface area (Å²) in [6, 6.07) is 4.34. The van der Waals surface area contributed by atoms with Gasteiger partial charge in [-0.1, -0.05) is 31.8 Å². The number of nitrogens with zero attached hydrogens (tertiary/aromatic N) is 3. The summed E-state index contributed by atoms with van der Waals surface area (Å²) in [5.41, 5.74) is 17.6. The summed E-state index contributed by atoms with van der Waals surface area (Å²) < 4.78 is 1.91. The van der Waals surface area contributed by atoms with Gasteiger partial charge < -0.3 is 10.7 Å². The van der Waals surface area contributed by atoms with Crippen molar-refractivity contribution in [1.82, 2.24) is 19.7 Å². The largest absolute Gasteiger partial charge is 0.398 e. The molecule has 0 aliphatic carbocycles. The maximum absolute atomic E-state index is 6.45. The molecule has 4 rings (SSSR count). The van der Waals surface area contributed by atoms with E-state index in [1.165, 1.54) is 27.4 Å². The molecule has 0 atom stereocenters. The van der Waals surface area contributed by atoms with E-state index < -0.39 is 8.07 Å². The van der Waals surface area contributed by atoms with Crippen LogP contribution >= 0.6 is 0 Å². The van der Waals surface area contributed by atoms with Crippen molar-refractivity contribution in [3.8, 4) is 22.3 Å². The molecule has 5 nitrogen and oxygen atoms in total. The van der Waals surface area contributed by atoms with Crippen molar-refractivity contribution in [3.63, 3.8) is 0 Å². The van der Waals surface area contributed by atoms with Gasteiger partial charge in [0.2, 0.25) is 0 Å². The molecule has 0 unspecified atom stereocenters. The lowest BCUT2D eigenvalue weighted by Gasteiger charge is -2.20. The van der Waals surface area contributed by atoms with Crippen LogP contribution in [-0.2, 0) is 7.05 Å². The Kier molecular flexibility index (Phi) is 4.65. The Bertz CT molecular complexity index is 1290. The summed E-state index contributed by atoms with van der Waals surface area (Å²) in [5, 5.41) is 6.96. The molecule has 0 radical (unpaired) electrons. The van der Waals surface area contributed by atoms with Gasteiger partial charge in [-0.05, 0) is 49.9 Å². The number of aromatic amines is 1. The number of H-pyrrole nitrogens is 1. The topological polar surface area (TPSA) is 72.5 Å². The highest BCUT2D eigenvalue weighted by molar-refractivity contribution is 6.89. The van der Waals surface area contributed by atoms with E-state index in [1.54, 1.807) is 0 Å². The summed E-state index contributed by atoms with van der Waals surface area (Å²) in [4.78, 5) is 8.55. The molecule has 156 valence electrons. The van der Waals surface area contributed by atoms with Crippen molar-refractivity contribution < 1.29 is 0 Å². The van der Waals surface area contributed by atoms with Crippen LogP contribution in [0.5, 0.6) is 0 Å². The molecule has 3 heterocycles. The maximum atomic E-state index is 6.45. The van der Waals surface area contributed by atoms with Crippen LogP contribution in [0.4, 0.5) is 5.69 Å². The zero-order valence-corrected chi connectivity index (χ0v) is 20.2. The van der Waals surface area contributed by atoms with Crippen molar-refractivity contribution in [3.05, 3.63) is 46.9 Å². The lowest BCUT2D eigenvalue weighted by molar-refractivity contribution is 0.740. The molecule has 0 aliphatic rings. The van der Waals surface area contributed by atoms with Crippen molar-refractivity contribution in [2.45, 2.75) is 47.3 Å². The SMILES string of the molecule is Cc1ccc(-c2c([Si](C)(C)C)[nH]c3ncc(-c4cnn(C)c4C)c(C)c23)c(C)c1N. The molecule has 6 heteroatoms. The second-order valence-electron chi connectivity index (χ2n) is 9.38.